The van der Waals surface area contributed by atoms with Crippen LogP contribution in [0.25, 0.3) is 19.5 Å². The highest BCUT2D eigenvalue weighted by Gasteiger charge is 2.36. The first-order valence-corrected chi connectivity index (χ1v) is 9.78. The van der Waals surface area contributed by atoms with Crippen LogP contribution < -0.4 is 5.32 Å². The fourth-order valence-corrected chi connectivity index (χ4v) is 5.63. The highest BCUT2D eigenvalue weighted by molar-refractivity contribution is 7.33. The summed E-state index contributed by atoms with van der Waals surface area (Å²) in [6.45, 7) is 0.753. The summed E-state index contributed by atoms with van der Waals surface area (Å²) >= 11 is 3.08. The third-order valence-electron chi connectivity index (χ3n) is 4.44. The van der Waals surface area contributed by atoms with Crippen LogP contribution in [0.3, 0.4) is 0 Å². The largest absolute Gasteiger partial charge is 0.469 e. The predicted molar refractivity (Wildman–Crippen MR) is 102 cm³/mol. The average molecular weight is 388 g/mol. The van der Waals surface area contributed by atoms with Crippen LogP contribution in [0.4, 0.5) is 0 Å². The highest BCUT2D eigenvalue weighted by Crippen LogP contribution is 2.39. The van der Waals surface area contributed by atoms with E-state index in [0.717, 1.165) is 14.8 Å². The van der Waals surface area contributed by atoms with Gasteiger partial charge in [0, 0.05) is 27.9 Å². The number of nitrogens with one attached hydrogen (secondary N) is 1. The molecule has 26 heavy (non-hydrogen) atoms. The molecule has 0 spiro atoms. The second-order valence-electron chi connectivity index (χ2n) is 5.99. The molecular weight excluding hydrogens is 372 g/mol. The lowest BCUT2D eigenvalue weighted by Crippen LogP contribution is -2.57. The Bertz CT molecular complexity index is 1020. The molecule has 2 aromatic heterocycles. The second-order valence-corrected chi connectivity index (χ2v) is 8.12. The van der Waals surface area contributed by atoms with Crippen molar-refractivity contribution < 1.29 is 19.1 Å². The molecule has 0 bridgehead atoms. The van der Waals surface area contributed by atoms with Crippen LogP contribution in [0, 0.1) is 0 Å². The molecular formula is C18H16N2O4S2. The minimum Gasteiger partial charge on any atom is -0.469 e. The van der Waals surface area contributed by atoms with Crippen LogP contribution in [0.1, 0.15) is 16.1 Å². The van der Waals surface area contributed by atoms with Crippen LogP contribution in [0.15, 0.2) is 30.3 Å². The minimum atomic E-state index is -0.833. The van der Waals surface area contributed by atoms with Crippen molar-refractivity contribution in [3.05, 3.63) is 35.2 Å². The molecule has 1 aliphatic heterocycles. The van der Waals surface area contributed by atoms with Gasteiger partial charge in [0.25, 0.3) is 5.91 Å². The first-order chi connectivity index (χ1) is 12.6. The number of ether oxygens (including phenoxy) is 1. The number of amides is 2. The molecule has 2 amide bonds. The molecule has 1 N–H and O–H groups in total. The summed E-state index contributed by atoms with van der Waals surface area (Å²) in [6.07, 6.45) is -0.142. The van der Waals surface area contributed by atoms with E-state index in [0.29, 0.717) is 18.0 Å². The molecule has 1 atom stereocenters. The van der Waals surface area contributed by atoms with Gasteiger partial charge in [0.2, 0.25) is 5.91 Å². The third kappa shape index (κ3) is 2.85. The molecule has 0 unspecified atom stereocenters. The highest BCUT2D eigenvalue weighted by atomic mass is 32.1. The topological polar surface area (TPSA) is 75.7 Å². The Morgan fingerprint density at radius 2 is 2.08 bits per heavy atom. The zero-order chi connectivity index (χ0) is 18.3. The maximum Gasteiger partial charge on any atom is 0.308 e. The smallest absolute Gasteiger partial charge is 0.308 e. The van der Waals surface area contributed by atoms with Gasteiger partial charge in [-0.2, -0.15) is 0 Å². The number of fused-ring (bicyclic) bond motifs is 3. The number of rotatable bonds is 3. The van der Waals surface area contributed by atoms with Crippen molar-refractivity contribution in [2.45, 2.75) is 12.5 Å². The lowest BCUT2D eigenvalue weighted by Gasteiger charge is -2.34. The Hall–Kier alpha value is -2.45. The number of esters is 1. The van der Waals surface area contributed by atoms with Crippen LogP contribution >= 0.6 is 22.7 Å². The minimum absolute atomic E-state index is 0.142. The standard InChI is InChI=1S/C18H16N2O4S2/c1-24-15(21)8-11-17(22)19-6-7-20(11)18(23)14-9-13-16(26-14)10-4-2-3-5-12(10)25-13/h2-5,9,11H,6-8H2,1H3,(H,19,22)/t11-/m0/s1. The molecule has 3 aromatic rings. The van der Waals surface area contributed by atoms with Crippen molar-refractivity contribution in [2.24, 2.45) is 0 Å². The van der Waals surface area contributed by atoms with E-state index in [2.05, 4.69) is 16.1 Å². The van der Waals surface area contributed by atoms with E-state index in [9.17, 15) is 14.4 Å². The van der Waals surface area contributed by atoms with Crippen molar-refractivity contribution in [1.29, 1.82) is 0 Å². The summed E-state index contributed by atoms with van der Waals surface area (Å²) in [6, 6.07) is 9.15. The fourth-order valence-electron chi connectivity index (χ4n) is 3.15. The van der Waals surface area contributed by atoms with Crippen molar-refractivity contribution in [1.82, 2.24) is 10.2 Å². The summed E-state index contributed by atoms with van der Waals surface area (Å²) < 4.78 is 8.00. The molecule has 0 aliphatic carbocycles. The molecule has 6 nitrogen and oxygen atoms in total. The van der Waals surface area contributed by atoms with E-state index >= 15 is 0 Å². The lowest BCUT2D eigenvalue weighted by molar-refractivity contribution is -0.145. The molecule has 0 saturated carbocycles. The van der Waals surface area contributed by atoms with Gasteiger partial charge in [-0.15, -0.1) is 22.7 Å². The molecule has 0 radical (unpaired) electrons. The Balaban J connectivity index is 1.67. The van der Waals surface area contributed by atoms with Gasteiger partial charge in [-0.1, -0.05) is 18.2 Å². The summed E-state index contributed by atoms with van der Waals surface area (Å²) in [5.41, 5.74) is 0. The number of benzene rings is 1. The van der Waals surface area contributed by atoms with Gasteiger partial charge in [-0.3, -0.25) is 14.4 Å². The molecule has 4 rings (SSSR count). The predicted octanol–water partition coefficient (Wildman–Crippen LogP) is 2.62. The molecule has 134 valence electrons. The quantitative estimate of drug-likeness (QED) is 0.700. The summed E-state index contributed by atoms with van der Waals surface area (Å²) in [5.74, 6) is -1.05. The van der Waals surface area contributed by atoms with Gasteiger partial charge in [0.1, 0.15) is 6.04 Å². The zero-order valence-electron chi connectivity index (χ0n) is 14.0. The Kier molecular flexibility index (Phi) is 4.37. The number of methoxy groups -OCH3 is 1. The molecule has 3 heterocycles. The first-order valence-electron chi connectivity index (χ1n) is 8.15. The van der Waals surface area contributed by atoms with Crippen molar-refractivity contribution in [3.63, 3.8) is 0 Å². The van der Waals surface area contributed by atoms with E-state index in [4.69, 9.17) is 0 Å². The van der Waals surface area contributed by atoms with Gasteiger partial charge in [0.15, 0.2) is 0 Å². The van der Waals surface area contributed by atoms with Gasteiger partial charge >= 0.3 is 5.97 Å². The lowest BCUT2D eigenvalue weighted by atomic mass is 10.1. The summed E-state index contributed by atoms with van der Waals surface area (Å²) in [7, 11) is 1.27. The summed E-state index contributed by atoms with van der Waals surface area (Å²) in [5, 5.41) is 3.85. The van der Waals surface area contributed by atoms with Crippen molar-refractivity contribution in [2.75, 3.05) is 20.2 Å². The van der Waals surface area contributed by atoms with E-state index in [-0.39, 0.29) is 18.2 Å². The molecule has 1 aromatic carbocycles. The zero-order valence-corrected chi connectivity index (χ0v) is 15.6. The fraction of sp³-hybridized carbons (Fsp3) is 0.278. The van der Waals surface area contributed by atoms with Gasteiger partial charge < -0.3 is 15.0 Å². The second kappa shape index (κ2) is 6.69. The normalized spacial score (nSPS) is 17.5. The van der Waals surface area contributed by atoms with Crippen LogP contribution in [-0.2, 0) is 14.3 Å². The number of hydrogen-bond donors (Lipinski definition) is 1. The van der Waals surface area contributed by atoms with E-state index in [1.807, 2.05) is 24.3 Å². The van der Waals surface area contributed by atoms with Crippen molar-refractivity contribution in [3.8, 4) is 0 Å². The number of hydrogen-bond acceptors (Lipinski definition) is 6. The number of piperazine rings is 1. The van der Waals surface area contributed by atoms with E-state index in [1.165, 1.54) is 28.0 Å². The number of carbonyl (C=O) groups excluding carboxylic acids is 3. The maximum absolute atomic E-state index is 13.0. The number of nitrogens with zero attached hydrogens (tertiary/aromatic N) is 1. The molecule has 1 saturated heterocycles. The Morgan fingerprint density at radius 1 is 1.27 bits per heavy atom. The SMILES string of the molecule is COC(=O)C[C@H]1C(=O)NCCN1C(=O)c1cc2sc3ccccc3c2s1. The number of carbonyl (C=O) groups is 3. The van der Waals surface area contributed by atoms with Crippen LogP contribution in [-0.4, -0.2) is 48.9 Å². The van der Waals surface area contributed by atoms with E-state index < -0.39 is 12.0 Å². The summed E-state index contributed by atoms with van der Waals surface area (Å²) in [4.78, 5) is 38.9. The monoisotopic (exact) mass is 388 g/mol. The third-order valence-corrected chi connectivity index (χ3v) is 6.84. The molecule has 8 heteroatoms. The van der Waals surface area contributed by atoms with Gasteiger partial charge in [-0.05, 0) is 12.1 Å². The van der Waals surface area contributed by atoms with E-state index in [1.54, 1.807) is 11.3 Å². The average Bonchev–Trinajstić information content (AvgIpc) is 3.20. The first kappa shape index (κ1) is 17.0. The Labute approximate surface area is 157 Å². The molecule has 1 fully saturated rings. The molecule has 1 aliphatic rings. The van der Waals surface area contributed by atoms with Crippen LogP contribution in [0.2, 0.25) is 0 Å². The number of thiophene rings is 2. The van der Waals surface area contributed by atoms with Gasteiger partial charge in [0.05, 0.1) is 23.1 Å². The Morgan fingerprint density at radius 3 is 2.88 bits per heavy atom. The maximum atomic E-state index is 13.0. The van der Waals surface area contributed by atoms with Crippen molar-refractivity contribution >= 4 is 59.9 Å². The van der Waals surface area contributed by atoms with Crippen LogP contribution in [0.5, 0.6) is 0 Å². The van der Waals surface area contributed by atoms with Gasteiger partial charge in [-0.25, -0.2) is 0 Å².